The zero-order valence-corrected chi connectivity index (χ0v) is 8.10. The van der Waals surface area contributed by atoms with Gasteiger partial charge in [0.25, 0.3) is 0 Å². The van der Waals surface area contributed by atoms with Gasteiger partial charge in [0.1, 0.15) is 6.04 Å². The minimum Gasteiger partial charge on any atom is -0.465 e. The number of nitrogens with two attached hydrogens (primary N) is 1. The van der Waals surface area contributed by atoms with E-state index in [1.54, 1.807) is 6.92 Å². The number of hydrogen-bond acceptors (Lipinski definition) is 3. The summed E-state index contributed by atoms with van der Waals surface area (Å²) in [5, 5.41) is 0. The van der Waals surface area contributed by atoms with E-state index in [0.29, 0.717) is 0 Å². The molecule has 6 heteroatoms. The van der Waals surface area contributed by atoms with Crippen LogP contribution in [0.5, 0.6) is 0 Å². The topological polar surface area (TPSA) is 52.3 Å². The lowest BCUT2D eigenvalue weighted by Crippen LogP contribution is -2.37. The van der Waals surface area contributed by atoms with E-state index in [9.17, 15) is 18.0 Å². The van der Waals surface area contributed by atoms with Gasteiger partial charge in [-0.1, -0.05) is 6.92 Å². The highest BCUT2D eigenvalue weighted by Gasteiger charge is 2.38. The minimum atomic E-state index is -4.32. The number of esters is 1. The fourth-order valence-electron chi connectivity index (χ4n) is 0.860. The molecule has 0 spiro atoms. The Morgan fingerprint density at radius 1 is 1.50 bits per heavy atom. The number of ether oxygens (including phenoxy) is 1. The normalized spacial score (nSPS) is 16.1. The summed E-state index contributed by atoms with van der Waals surface area (Å²) in [6.07, 6.45) is -4.76. The molecule has 0 aliphatic carbocycles. The maximum atomic E-state index is 12.1. The molecule has 2 N–H and O–H groups in total. The summed E-state index contributed by atoms with van der Waals surface area (Å²) < 4.78 is 40.6. The van der Waals surface area contributed by atoms with Crippen molar-refractivity contribution in [1.29, 1.82) is 0 Å². The molecule has 0 radical (unpaired) electrons. The fraction of sp³-hybridized carbons (Fsp3) is 0.875. The summed E-state index contributed by atoms with van der Waals surface area (Å²) >= 11 is 0. The number of carbonyl (C=O) groups excluding carboxylic acids is 1. The summed E-state index contributed by atoms with van der Waals surface area (Å²) in [5.41, 5.74) is 5.23. The molecule has 2 atom stereocenters. The van der Waals surface area contributed by atoms with Crippen LogP contribution in [-0.2, 0) is 9.53 Å². The summed E-state index contributed by atoms with van der Waals surface area (Å²) in [6.45, 7) is 2.67. The van der Waals surface area contributed by atoms with E-state index in [2.05, 4.69) is 4.74 Å². The van der Waals surface area contributed by atoms with E-state index in [4.69, 9.17) is 5.73 Å². The van der Waals surface area contributed by atoms with Crippen molar-refractivity contribution in [3.05, 3.63) is 0 Å². The van der Waals surface area contributed by atoms with Crippen molar-refractivity contribution in [2.24, 2.45) is 11.7 Å². The Morgan fingerprint density at radius 3 is 2.36 bits per heavy atom. The Kier molecular flexibility index (Phi) is 4.90. The van der Waals surface area contributed by atoms with Crippen LogP contribution in [0, 0.1) is 5.92 Å². The Balaban J connectivity index is 4.06. The Bertz CT molecular complexity index is 194. The molecule has 0 saturated heterocycles. The molecule has 14 heavy (non-hydrogen) atoms. The Morgan fingerprint density at radius 2 is 2.00 bits per heavy atom. The third kappa shape index (κ3) is 4.45. The molecule has 0 bridgehead atoms. The third-order valence-corrected chi connectivity index (χ3v) is 1.76. The minimum absolute atomic E-state index is 0.118. The average Bonchev–Trinajstić information content (AvgIpc) is 2.02. The van der Waals surface area contributed by atoms with Crippen LogP contribution in [0.2, 0.25) is 0 Å². The standard InChI is InChI=1S/C8H14F3NO2/c1-3-14-7(13)6(12)4-5(2)8(9,10)11/h5-6H,3-4,12H2,1-2H3. The Hall–Kier alpha value is -0.780. The Labute approximate surface area is 80.4 Å². The molecule has 0 fully saturated rings. The van der Waals surface area contributed by atoms with Gasteiger partial charge in [-0.2, -0.15) is 13.2 Å². The third-order valence-electron chi connectivity index (χ3n) is 1.76. The van der Waals surface area contributed by atoms with Crippen molar-refractivity contribution in [3.63, 3.8) is 0 Å². The van der Waals surface area contributed by atoms with E-state index in [-0.39, 0.29) is 6.61 Å². The summed E-state index contributed by atoms with van der Waals surface area (Å²) in [4.78, 5) is 10.9. The molecular formula is C8H14F3NO2. The first-order valence-electron chi connectivity index (χ1n) is 4.28. The van der Waals surface area contributed by atoms with Gasteiger partial charge in [-0.3, -0.25) is 4.79 Å². The highest BCUT2D eigenvalue weighted by molar-refractivity contribution is 5.75. The number of alkyl halides is 3. The largest absolute Gasteiger partial charge is 0.465 e. The lowest BCUT2D eigenvalue weighted by Gasteiger charge is -2.18. The smallest absolute Gasteiger partial charge is 0.391 e. The van der Waals surface area contributed by atoms with Gasteiger partial charge < -0.3 is 10.5 Å². The molecule has 0 aromatic heterocycles. The highest BCUT2D eigenvalue weighted by atomic mass is 19.4. The molecule has 84 valence electrons. The van der Waals surface area contributed by atoms with Crippen molar-refractivity contribution >= 4 is 5.97 Å². The lowest BCUT2D eigenvalue weighted by molar-refractivity contribution is -0.174. The molecule has 0 aromatic rings. The van der Waals surface area contributed by atoms with Crippen molar-refractivity contribution < 1.29 is 22.7 Å². The number of halogens is 3. The SMILES string of the molecule is CCOC(=O)C(N)CC(C)C(F)(F)F. The van der Waals surface area contributed by atoms with Crippen molar-refractivity contribution in [1.82, 2.24) is 0 Å². The van der Waals surface area contributed by atoms with E-state index in [1.807, 2.05) is 0 Å². The van der Waals surface area contributed by atoms with Crippen LogP contribution in [0.1, 0.15) is 20.3 Å². The molecule has 0 aliphatic rings. The van der Waals surface area contributed by atoms with Gasteiger partial charge in [-0.15, -0.1) is 0 Å². The summed E-state index contributed by atoms with van der Waals surface area (Å²) in [7, 11) is 0. The summed E-state index contributed by atoms with van der Waals surface area (Å²) in [6, 6.07) is -1.20. The van der Waals surface area contributed by atoms with Gasteiger partial charge in [0.2, 0.25) is 0 Å². The van der Waals surface area contributed by atoms with Crippen LogP contribution in [0.3, 0.4) is 0 Å². The highest BCUT2D eigenvalue weighted by Crippen LogP contribution is 2.28. The number of hydrogen-bond donors (Lipinski definition) is 1. The van der Waals surface area contributed by atoms with Crippen LogP contribution in [-0.4, -0.2) is 24.8 Å². The van der Waals surface area contributed by atoms with Crippen LogP contribution in [0.25, 0.3) is 0 Å². The first kappa shape index (κ1) is 13.2. The molecule has 0 saturated carbocycles. The van der Waals surface area contributed by atoms with E-state index in [1.165, 1.54) is 0 Å². The maximum Gasteiger partial charge on any atom is 0.391 e. The lowest BCUT2D eigenvalue weighted by atomic mass is 10.0. The van der Waals surface area contributed by atoms with E-state index in [0.717, 1.165) is 6.92 Å². The molecule has 0 rings (SSSR count). The van der Waals surface area contributed by atoms with Crippen LogP contribution >= 0.6 is 0 Å². The van der Waals surface area contributed by atoms with Crippen LogP contribution in [0.4, 0.5) is 13.2 Å². The number of rotatable bonds is 4. The molecule has 2 unspecified atom stereocenters. The molecule has 0 amide bonds. The van der Waals surface area contributed by atoms with Gasteiger partial charge in [-0.05, 0) is 13.3 Å². The monoisotopic (exact) mass is 213 g/mol. The first-order valence-corrected chi connectivity index (χ1v) is 4.28. The molecule has 3 nitrogen and oxygen atoms in total. The molecule has 0 aromatic carbocycles. The maximum absolute atomic E-state index is 12.1. The molecule has 0 heterocycles. The van der Waals surface area contributed by atoms with E-state index >= 15 is 0 Å². The average molecular weight is 213 g/mol. The molecular weight excluding hydrogens is 199 g/mol. The van der Waals surface area contributed by atoms with Crippen molar-refractivity contribution in [3.8, 4) is 0 Å². The van der Waals surface area contributed by atoms with Gasteiger partial charge in [0.05, 0.1) is 12.5 Å². The second-order valence-corrected chi connectivity index (χ2v) is 3.04. The molecule has 0 aliphatic heterocycles. The predicted molar refractivity (Wildman–Crippen MR) is 44.4 cm³/mol. The van der Waals surface area contributed by atoms with Crippen LogP contribution in [0.15, 0.2) is 0 Å². The summed E-state index contributed by atoms with van der Waals surface area (Å²) in [5.74, 6) is -2.38. The van der Waals surface area contributed by atoms with Gasteiger partial charge in [0.15, 0.2) is 0 Å². The van der Waals surface area contributed by atoms with Crippen molar-refractivity contribution in [2.75, 3.05) is 6.61 Å². The first-order chi connectivity index (χ1) is 6.29. The van der Waals surface area contributed by atoms with Gasteiger partial charge in [0, 0.05) is 0 Å². The number of carbonyl (C=O) groups is 1. The second-order valence-electron chi connectivity index (χ2n) is 3.04. The van der Waals surface area contributed by atoms with Gasteiger partial charge >= 0.3 is 12.1 Å². The zero-order valence-electron chi connectivity index (χ0n) is 8.10. The fourth-order valence-corrected chi connectivity index (χ4v) is 0.860. The predicted octanol–water partition coefficient (Wildman–Crippen LogP) is 1.47. The van der Waals surface area contributed by atoms with E-state index < -0.39 is 30.5 Å². The quantitative estimate of drug-likeness (QED) is 0.719. The second kappa shape index (κ2) is 5.19. The zero-order chi connectivity index (χ0) is 11.4. The van der Waals surface area contributed by atoms with Crippen LogP contribution < -0.4 is 5.73 Å². The van der Waals surface area contributed by atoms with Crippen molar-refractivity contribution in [2.45, 2.75) is 32.5 Å². The van der Waals surface area contributed by atoms with Gasteiger partial charge in [-0.25, -0.2) is 0 Å².